The van der Waals surface area contributed by atoms with Gasteiger partial charge in [-0.25, -0.2) is 4.68 Å². The van der Waals surface area contributed by atoms with Crippen LogP contribution in [0.15, 0.2) is 133 Å². The van der Waals surface area contributed by atoms with E-state index < -0.39 is 0 Å². The lowest BCUT2D eigenvalue weighted by Crippen LogP contribution is -2.15. The Morgan fingerprint density at radius 3 is 1.76 bits per heavy atom. The largest absolute Gasteiger partial charge is 0.237 e. The lowest BCUT2D eigenvalue weighted by atomic mass is 9.79. The van der Waals surface area contributed by atoms with E-state index in [-0.39, 0.29) is 5.41 Å². The van der Waals surface area contributed by atoms with Crippen LogP contribution in [-0.2, 0) is 5.41 Å². The molecule has 2 nitrogen and oxygen atoms in total. The molecule has 0 N–H and O–H groups in total. The number of rotatable bonds is 3. The second-order valence-electron chi connectivity index (χ2n) is 13.2. The average molecular weight is 591 g/mol. The Labute approximate surface area is 269 Å². The first-order chi connectivity index (χ1) is 22.4. The van der Waals surface area contributed by atoms with Gasteiger partial charge in [-0.1, -0.05) is 129 Å². The maximum absolute atomic E-state index is 5.06. The third kappa shape index (κ3) is 3.67. The van der Waals surface area contributed by atoms with Crippen LogP contribution < -0.4 is 0 Å². The minimum Gasteiger partial charge on any atom is -0.237 e. The Balaban J connectivity index is 1.31. The minimum atomic E-state index is -0.118. The van der Waals surface area contributed by atoms with Crippen LogP contribution in [0, 0.1) is 13.8 Å². The summed E-state index contributed by atoms with van der Waals surface area (Å²) in [5.74, 6) is 0. The standard InChI is InChI=1S/C44H34N2/c1-27-40(28(2)46(45-27)31-15-6-5-7-16-31)42-36-20-12-10-18-34(36)41(35-19-11-13-21-37(35)42)30-23-24-33-38-25-22-29-14-8-9-17-32(29)43(38)44(3,4)39(33)26-30/h5-26H,1-4H3. The molecule has 1 aromatic heterocycles. The second-order valence-corrected chi connectivity index (χ2v) is 13.2. The molecule has 0 bridgehead atoms. The number of aromatic nitrogens is 2. The molecule has 46 heavy (non-hydrogen) atoms. The monoisotopic (exact) mass is 590 g/mol. The van der Waals surface area contributed by atoms with Gasteiger partial charge in [0.05, 0.1) is 11.4 Å². The third-order valence-corrected chi connectivity index (χ3v) is 10.3. The van der Waals surface area contributed by atoms with E-state index in [1.807, 2.05) is 0 Å². The number of fused-ring (bicyclic) bond motifs is 7. The summed E-state index contributed by atoms with van der Waals surface area (Å²) in [6.07, 6.45) is 0. The summed E-state index contributed by atoms with van der Waals surface area (Å²) in [6.45, 7) is 9.12. The topological polar surface area (TPSA) is 17.8 Å². The lowest BCUT2D eigenvalue weighted by molar-refractivity contribution is 0.666. The van der Waals surface area contributed by atoms with E-state index >= 15 is 0 Å². The minimum absolute atomic E-state index is 0.118. The molecule has 8 aromatic rings. The van der Waals surface area contributed by atoms with Crippen molar-refractivity contribution < 1.29 is 0 Å². The molecule has 7 aromatic carbocycles. The summed E-state index contributed by atoms with van der Waals surface area (Å²) in [5.41, 5.74) is 13.7. The van der Waals surface area contributed by atoms with Gasteiger partial charge in [0.1, 0.15) is 0 Å². The van der Waals surface area contributed by atoms with Crippen molar-refractivity contribution in [3.05, 3.63) is 156 Å². The number of hydrogen-bond donors (Lipinski definition) is 0. The zero-order valence-corrected chi connectivity index (χ0v) is 26.6. The number of para-hydroxylation sites is 1. The highest BCUT2D eigenvalue weighted by Crippen LogP contribution is 2.53. The summed E-state index contributed by atoms with van der Waals surface area (Å²) in [7, 11) is 0. The molecule has 2 heteroatoms. The first-order valence-corrected chi connectivity index (χ1v) is 16.2. The van der Waals surface area contributed by atoms with Crippen molar-refractivity contribution >= 4 is 32.3 Å². The molecule has 0 aliphatic heterocycles. The quantitative estimate of drug-likeness (QED) is 0.187. The molecule has 0 saturated heterocycles. The fraction of sp³-hybridized carbons (Fsp3) is 0.114. The summed E-state index contributed by atoms with van der Waals surface area (Å²) >= 11 is 0. The Hall–Kier alpha value is -5.47. The highest BCUT2D eigenvalue weighted by atomic mass is 15.3. The van der Waals surface area contributed by atoms with Crippen molar-refractivity contribution in [3.8, 4) is 39.1 Å². The first-order valence-electron chi connectivity index (χ1n) is 16.2. The van der Waals surface area contributed by atoms with Gasteiger partial charge in [-0.2, -0.15) is 5.10 Å². The van der Waals surface area contributed by atoms with Gasteiger partial charge in [0.25, 0.3) is 0 Å². The van der Waals surface area contributed by atoms with Crippen LogP contribution in [0.25, 0.3) is 71.4 Å². The van der Waals surface area contributed by atoms with E-state index in [1.54, 1.807) is 0 Å². The van der Waals surface area contributed by atoms with Crippen molar-refractivity contribution in [3.63, 3.8) is 0 Å². The molecule has 9 rings (SSSR count). The van der Waals surface area contributed by atoms with E-state index in [4.69, 9.17) is 5.10 Å². The Morgan fingerprint density at radius 2 is 1.09 bits per heavy atom. The maximum Gasteiger partial charge on any atom is 0.0679 e. The molecule has 0 fully saturated rings. The van der Waals surface area contributed by atoms with Gasteiger partial charge in [-0.05, 0) is 97.7 Å². The fourth-order valence-corrected chi connectivity index (χ4v) is 8.29. The summed E-state index contributed by atoms with van der Waals surface area (Å²) in [4.78, 5) is 0. The summed E-state index contributed by atoms with van der Waals surface area (Å²) in [6, 6.07) is 48.9. The number of hydrogen-bond acceptors (Lipinski definition) is 1. The summed E-state index contributed by atoms with van der Waals surface area (Å²) in [5, 5.41) is 12.8. The third-order valence-electron chi connectivity index (χ3n) is 10.3. The number of aryl methyl sites for hydroxylation is 1. The van der Waals surface area contributed by atoms with E-state index in [0.29, 0.717) is 0 Å². The molecular weight excluding hydrogens is 556 g/mol. The molecule has 0 radical (unpaired) electrons. The maximum atomic E-state index is 5.06. The van der Waals surface area contributed by atoms with Gasteiger partial charge in [0.15, 0.2) is 0 Å². The zero-order chi connectivity index (χ0) is 31.2. The molecular formula is C44H34N2. The second kappa shape index (κ2) is 9.76. The van der Waals surface area contributed by atoms with Crippen molar-refractivity contribution in [2.45, 2.75) is 33.1 Å². The highest BCUT2D eigenvalue weighted by Gasteiger charge is 2.37. The van der Waals surface area contributed by atoms with Crippen LogP contribution in [0.3, 0.4) is 0 Å². The van der Waals surface area contributed by atoms with E-state index in [1.165, 1.54) is 76.8 Å². The predicted octanol–water partition coefficient (Wildman–Crippen LogP) is 11.6. The van der Waals surface area contributed by atoms with Crippen LogP contribution in [0.2, 0.25) is 0 Å². The molecule has 0 spiro atoms. The Morgan fingerprint density at radius 1 is 0.522 bits per heavy atom. The van der Waals surface area contributed by atoms with Crippen molar-refractivity contribution in [2.75, 3.05) is 0 Å². The van der Waals surface area contributed by atoms with Crippen molar-refractivity contribution in [1.82, 2.24) is 9.78 Å². The van der Waals surface area contributed by atoms with E-state index in [9.17, 15) is 0 Å². The van der Waals surface area contributed by atoms with Crippen LogP contribution >= 0.6 is 0 Å². The highest BCUT2D eigenvalue weighted by molar-refractivity contribution is 6.22. The van der Waals surface area contributed by atoms with E-state index in [0.717, 1.165) is 17.1 Å². The van der Waals surface area contributed by atoms with Gasteiger partial charge < -0.3 is 0 Å². The zero-order valence-electron chi connectivity index (χ0n) is 26.6. The van der Waals surface area contributed by atoms with Crippen molar-refractivity contribution in [2.24, 2.45) is 0 Å². The van der Waals surface area contributed by atoms with Crippen LogP contribution in [-0.4, -0.2) is 9.78 Å². The van der Waals surface area contributed by atoms with Gasteiger partial charge in [-0.15, -0.1) is 0 Å². The normalized spacial score (nSPS) is 13.4. The van der Waals surface area contributed by atoms with Crippen molar-refractivity contribution in [1.29, 1.82) is 0 Å². The molecule has 0 amide bonds. The van der Waals surface area contributed by atoms with Gasteiger partial charge in [-0.3, -0.25) is 0 Å². The molecule has 0 atom stereocenters. The SMILES string of the molecule is Cc1nn(-c2ccccc2)c(C)c1-c1c2ccccc2c(-c2ccc3c(c2)C(C)(C)c2c-3ccc3ccccc23)c2ccccc12. The first kappa shape index (κ1) is 26.9. The Bertz CT molecular complexity index is 2460. The number of benzene rings is 7. The average Bonchev–Trinajstić information content (AvgIpc) is 3.51. The van der Waals surface area contributed by atoms with Crippen LogP contribution in [0.4, 0.5) is 0 Å². The smallest absolute Gasteiger partial charge is 0.0679 e. The van der Waals surface area contributed by atoms with E-state index in [2.05, 4.69) is 166 Å². The molecule has 1 aliphatic carbocycles. The van der Waals surface area contributed by atoms with Gasteiger partial charge in [0, 0.05) is 22.2 Å². The van der Waals surface area contributed by atoms with Crippen LogP contribution in [0.1, 0.15) is 36.4 Å². The Kier molecular flexibility index (Phi) is 5.71. The molecule has 220 valence electrons. The predicted molar refractivity (Wildman–Crippen MR) is 194 cm³/mol. The van der Waals surface area contributed by atoms with Gasteiger partial charge in [0.2, 0.25) is 0 Å². The number of nitrogens with zero attached hydrogens (tertiary/aromatic N) is 2. The van der Waals surface area contributed by atoms with Gasteiger partial charge >= 0.3 is 0 Å². The summed E-state index contributed by atoms with van der Waals surface area (Å²) < 4.78 is 2.09. The molecule has 0 unspecified atom stereocenters. The van der Waals surface area contributed by atoms with Crippen LogP contribution in [0.5, 0.6) is 0 Å². The molecule has 0 saturated carbocycles. The molecule has 1 heterocycles. The fourth-order valence-electron chi connectivity index (χ4n) is 8.29. The molecule has 1 aliphatic rings. The lowest BCUT2D eigenvalue weighted by Gasteiger charge is -2.24.